The Morgan fingerprint density at radius 3 is 2.56 bits per heavy atom. The Morgan fingerprint density at radius 2 is 2.12 bits per heavy atom. The fraction of sp³-hybridized carbons (Fsp3) is 0.909. The van der Waals surface area contributed by atoms with Gasteiger partial charge >= 0.3 is 5.97 Å². The van der Waals surface area contributed by atoms with E-state index in [2.05, 4.69) is 0 Å². The monoisotopic (exact) mass is 249 g/mol. The number of thioether (sulfide) groups is 1. The molecule has 3 unspecified atom stereocenters. The van der Waals surface area contributed by atoms with Crippen LogP contribution >= 0.6 is 11.8 Å². The molecule has 0 amide bonds. The van der Waals surface area contributed by atoms with Gasteiger partial charge < -0.3 is 15.6 Å². The zero-order valence-corrected chi connectivity index (χ0v) is 11.3. The summed E-state index contributed by atoms with van der Waals surface area (Å²) in [5.41, 5.74) is 4.93. The topological polar surface area (TPSA) is 72.5 Å². The number of esters is 1. The number of aliphatic hydroxyl groups excluding tert-OH is 1. The Balaban J connectivity index is 3.95. The van der Waals surface area contributed by atoms with Crippen molar-refractivity contribution >= 4 is 17.7 Å². The molecule has 96 valence electrons. The van der Waals surface area contributed by atoms with Crippen molar-refractivity contribution in [2.24, 2.45) is 5.73 Å². The fourth-order valence-corrected chi connectivity index (χ4v) is 2.19. The third kappa shape index (κ3) is 5.72. The minimum atomic E-state index is -0.929. The molecule has 0 rings (SSSR count). The molecule has 0 aliphatic carbocycles. The first-order chi connectivity index (χ1) is 7.31. The van der Waals surface area contributed by atoms with Crippen LogP contribution in [0.5, 0.6) is 0 Å². The number of rotatable bonds is 7. The van der Waals surface area contributed by atoms with Gasteiger partial charge in [0.2, 0.25) is 0 Å². The second-order valence-electron chi connectivity index (χ2n) is 4.20. The molecule has 16 heavy (non-hydrogen) atoms. The van der Waals surface area contributed by atoms with E-state index in [4.69, 9.17) is 10.5 Å². The van der Waals surface area contributed by atoms with Crippen molar-refractivity contribution in [1.82, 2.24) is 0 Å². The molecule has 0 fully saturated rings. The Labute approximate surface area is 102 Å². The van der Waals surface area contributed by atoms with E-state index in [0.29, 0.717) is 13.0 Å². The molecule has 0 heterocycles. The van der Waals surface area contributed by atoms with Crippen LogP contribution in [0.1, 0.15) is 34.1 Å². The van der Waals surface area contributed by atoms with Gasteiger partial charge in [-0.15, -0.1) is 0 Å². The Hall–Kier alpha value is -0.260. The molecule has 4 nitrogen and oxygen atoms in total. The zero-order valence-electron chi connectivity index (χ0n) is 10.5. The summed E-state index contributed by atoms with van der Waals surface area (Å²) < 4.78 is 4.89. The van der Waals surface area contributed by atoms with Crippen LogP contribution in [0.25, 0.3) is 0 Å². The van der Waals surface area contributed by atoms with Crippen molar-refractivity contribution in [3.63, 3.8) is 0 Å². The molecule has 0 radical (unpaired) electrons. The average Bonchev–Trinajstić information content (AvgIpc) is 2.17. The lowest BCUT2D eigenvalue weighted by atomic mass is 10.0. The number of carbonyl (C=O) groups is 1. The smallest absolute Gasteiger partial charge is 0.325 e. The Bertz CT molecular complexity index is 219. The number of aliphatic hydroxyl groups is 1. The van der Waals surface area contributed by atoms with E-state index >= 15 is 0 Å². The SMILES string of the molecule is CCOC(=O)C(C)(N)CCSC(C)C(C)O. The molecule has 0 bridgehead atoms. The molecule has 5 heteroatoms. The van der Waals surface area contributed by atoms with Crippen LogP contribution in [0.4, 0.5) is 0 Å². The summed E-state index contributed by atoms with van der Waals surface area (Å²) in [6.07, 6.45) is 0.199. The largest absolute Gasteiger partial charge is 0.465 e. The highest BCUT2D eigenvalue weighted by Gasteiger charge is 2.29. The molecule has 0 aromatic heterocycles. The predicted octanol–water partition coefficient (Wildman–Crippen LogP) is 1.16. The van der Waals surface area contributed by atoms with Crippen LogP contribution < -0.4 is 5.73 Å². The lowest BCUT2D eigenvalue weighted by Gasteiger charge is -2.23. The fourth-order valence-electron chi connectivity index (χ4n) is 0.994. The molecular formula is C11H23NO3S. The van der Waals surface area contributed by atoms with Crippen molar-refractivity contribution in [3.8, 4) is 0 Å². The maximum Gasteiger partial charge on any atom is 0.325 e. The van der Waals surface area contributed by atoms with E-state index < -0.39 is 5.54 Å². The normalized spacial score (nSPS) is 18.6. The van der Waals surface area contributed by atoms with Crippen LogP contribution in [0.3, 0.4) is 0 Å². The van der Waals surface area contributed by atoms with E-state index in [1.54, 1.807) is 32.5 Å². The number of ether oxygens (including phenoxy) is 1. The second kappa shape index (κ2) is 7.14. The molecular weight excluding hydrogens is 226 g/mol. The van der Waals surface area contributed by atoms with Crippen LogP contribution in [-0.4, -0.2) is 40.3 Å². The highest BCUT2D eigenvalue weighted by atomic mass is 32.2. The minimum absolute atomic E-state index is 0.151. The van der Waals surface area contributed by atoms with E-state index in [-0.39, 0.29) is 17.3 Å². The van der Waals surface area contributed by atoms with Crippen molar-refractivity contribution < 1.29 is 14.6 Å². The van der Waals surface area contributed by atoms with E-state index in [0.717, 1.165) is 5.75 Å². The summed E-state index contributed by atoms with van der Waals surface area (Å²) in [6, 6.07) is 0. The van der Waals surface area contributed by atoms with E-state index in [9.17, 15) is 9.90 Å². The summed E-state index contributed by atoms with van der Waals surface area (Å²) >= 11 is 1.61. The summed E-state index contributed by atoms with van der Waals surface area (Å²) in [5, 5.41) is 9.45. The molecule has 0 saturated heterocycles. The van der Waals surface area contributed by atoms with Gasteiger partial charge in [0.15, 0.2) is 0 Å². The van der Waals surface area contributed by atoms with Gasteiger partial charge in [0.25, 0.3) is 0 Å². The summed E-state index contributed by atoms with van der Waals surface area (Å²) in [7, 11) is 0. The Kier molecular flexibility index (Phi) is 7.03. The van der Waals surface area contributed by atoms with Crippen LogP contribution in [-0.2, 0) is 9.53 Å². The lowest BCUT2D eigenvalue weighted by molar-refractivity contribution is -0.149. The van der Waals surface area contributed by atoms with Gasteiger partial charge in [-0.3, -0.25) is 4.79 Å². The molecule has 0 aliphatic rings. The van der Waals surface area contributed by atoms with Crippen molar-refractivity contribution in [2.75, 3.05) is 12.4 Å². The maximum absolute atomic E-state index is 11.5. The quantitative estimate of drug-likeness (QED) is 0.662. The second-order valence-corrected chi connectivity index (χ2v) is 5.69. The molecule has 0 aromatic rings. The number of hydrogen-bond acceptors (Lipinski definition) is 5. The van der Waals surface area contributed by atoms with Crippen LogP contribution in [0.15, 0.2) is 0 Å². The maximum atomic E-state index is 11.5. The van der Waals surface area contributed by atoms with E-state index in [1.807, 2.05) is 6.92 Å². The first-order valence-corrected chi connectivity index (χ1v) is 6.62. The first-order valence-electron chi connectivity index (χ1n) is 5.57. The molecule has 0 aliphatic heterocycles. The van der Waals surface area contributed by atoms with Gasteiger partial charge in [-0.05, 0) is 32.9 Å². The van der Waals surface area contributed by atoms with Crippen LogP contribution in [0.2, 0.25) is 0 Å². The van der Waals surface area contributed by atoms with Crippen molar-refractivity contribution in [3.05, 3.63) is 0 Å². The van der Waals surface area contributed by atoms with E-state index in [1.165, 1.54) is 0 Å². The predicted molar refractivity (Wildman–Crippen MR) is 67.4 cm³/mol. The van der Waals surface area contributed by atoms with Crippen molar-refractivity contribution in [1.29, 1.82) is 0 Å². The number of carbonyl (C=O) groups excluding carboxylic acids is 1. The summed E-state index contributed by atoms with van der Waals surface area (Å²) in [4.78, 5) is 11.5. The average molecular weight is 249 g/mol. The number of hydrogen-bond donors (Lipinski definition) is 2. The zero-order chi connectivity index (χ0) is 12.8. The third-order valence-electron chi connectivity index (χ3n) is 2.42. The molecule has 0 saturated carbocycles. The van der Waals surface area contributed by atoms with Gasteiger partial charge in [-0.25, -0.2) is 0 Å². The highest BCUT2D eigenvalue weighted by molar-refractivity contribution is 7.99. The van der Waals surface area contributed by atoms with Crippen LogP contribution in [0, 0.1) is 0 Å². The highest BCUT2D eigenvalue weighted by Crippen LogP contribution is 2.19. The standard InChI is InChI=1S/C11H23NO3S/c1-5-15-10(14)11(4,12)6-7-16-9(3)8(2)13/h8-9,13H,5-7,12H2,1-4H3. The van der Waals surface area contributed by atoms with Crippen molar-refractivity contribution in [2.45, 2.75) is 51.0 Å². The molecule has 3 N–H and O–H groups in total. The lowest BCUT2D eigenvalue weighted by Crippen LogP contribution is -2.46. The first kappa shape index (κ1) is 15.7. The van der Waals surface area contributed by atoms with Gasteiger partial charge in [0, 0.05) is 5.25 Å². The number of nitrogens with two attached hydrogens (primary N) is 1. The van der Waals surface area contributed by atoms with Gasteiger partial charge in [0.1, 0.15) is 5.54 Å². The Morgan fingerprint density at radius 1 is 1.56 bits per heavy atom. The molecule has 0 aromatic carbocycles. The summed E-state index contributed by atoms with van der Waals surface area (Å²) in [5.74, 6) is 0.373. The van der Waals surface area contributed by atoms with Gasteiger partial charge in [0.05, 0.1) is 12.7 Å². The minimum Gasteiger partial charge on any atom is -0.465 e. The summed E-state index contributed by atoms with van der Waals surface area (Å²) in [6.45, 7) is 7.50. The van der Waals surface area contributed by atoms with Gasteiger partial charge in [-0.1, -0.05) is 6.92 Å². The third-order valence-corrected chi connectivity index (χ3v) is 3.78. The molecule has 0 spiro atoms. The molecule has 3 atom stereocenters. The van der Waals surface area contributed by atoms with Gasteiger partial charge in [-0.2, -0.15) is 11.8 Å².